The van der Waals surface area contributed by atoms with Crippen molar-refractivity contribution in [2.24, 2.45) is 5.92 Å². The summed E-state index contributed by atoms with van der Waals surface area (Å²) in [7, 11) is 0. The number of aliphatic hydroxyl groups is 1. The predicted molar refractivity (Wildman–Crippen MR) is 66.4 cm³/mol. The van der Waals surface area contributed by atoms with E-state index in [2.05, 4.69) is 0 Å². The summed E-state index contributed by atoms with van der Waals surface area (Å²) in [5.41, 5.74) is 0.929. The lowest BCUT2D eigenvalue weighted by Gasteiger charge is -2.19. The number of aliphatic hydroxyl groups excluding tert-OH is 1. The molecule has 0 saturated carbocycles. The molecule has 94 valence electrons. The highest BCUT2D eigenvalue weighted by atomic mass is 16.5. The molecule has 0 saturated heterocycles. The van der Waals surface area contributed by atoms with Crippen molar-refractivity contribution in [2.45, 2.75) is 32.8 Å². The third kappa shape index (κ3) is 4.19. The molecule has 0 fully saturated rings. The SMILES string of the molecule is CCC(C)C(=O)OC(CCO)c1ccccc1. The molecule has 2 unspecified atom stereocenters. The van der Waals surface area contributed by atoms with Gasteiger partial charge in [-0.3, -0.25) is 4.79 Å². The molecule has 1 aromatic carbocycles. The summed E-state index contributed by atoms with van der Waals surface area (Å²) in [6, 6.07) is 9.53. The van der Waals surface area contributed by atoms with Crippen LogP contribution < -0.4 is 0 Å². The molecule has 1 N–H and O–H groups in total. The molecule has 3 nitrogen and oxygen atoms in total. The maximum absolute atomic E-state index is 11.7. The number of carbonyl (C=O) groups is 1. The predicted octanol–water partition coefficient (Wildman–Crippen LogP) is 2.70. The quantitative estimate of drug-likeness (QED) is 0.772. The van der Waals surface area contributed by atoms with E-state index in [-0.39, 0.29) is 24.6 Å². The van der Waals surface area contributed by atoms with Crippen LogP contribution in [0.3, 0.4) is 0 Å². The first-order valence-electron chi connectivity index (χ1n) is 6.05. The number of carbonyl (C=O) groups excluding carboxylic acids is 1. The van der Waals surface area contributed by atoms with Crippen molar-refractivity contribution in [3.63, 3.8) is 0 Å². The Bertz CT molecular complexity index is 335. The number of benzene rings is 1. The van der Waals surface area contributed by atoms with Crippen LogP contribution in [0.5, 0.6) is 0 Å². The van der Waals surface area contributed by atoms with E-state index in [0.717, 1.165) is 12.0 Å². The van der Waals surface area contributed by atoms with Crippen LogP contribution >= 0.6 is 0 Å². The van der Waals surface area contributed by atoms with E-state index in [1.165, 1.54) is 0 Å². The van der Waals surface area contributed by atoms with Gasteiger partial charge in [-0.25, -0.2) is 0 Å². The minimum Gasteiger partial charge on any atom is -0.457 e. The third-order valence-electron chi connectivity index (χ3n) is 2.84. The molecule has 0 bridgehead atoms. The van der Waals surface area contributed by atoms with Crippen molar-refractivity contribution in [1.82, 2.24) is 0 Å². The second-order valence-electron chi connectivity index (χ2n) is 4.16. The van der Waals surface area contributed by atoms with Gasteiger partial charge in [-0.2, -0.15) is 0 Å². The van der Waals surface area contributed by atoms with Crippen LogP contribution in [0.1, 0.15) is 38.4 Å². The van der Waals surface area contributed by atoms with Gasteiger partial charge in [0.2, 0.25) is 0 Å². The zero-order valence-corrected chi connectivity index (χ0v) is 10.4. The molecular formula is C14H20O3. The lowest BCUT2D eigenvalue weighted by Crippen LogP contribution is -2.18. The second kappa shape index (κ2) is 7.07. The molecule has 0 aliphatic rings. The van der Waals surface area contributed by atoms with Crippen molar-refractivity contribution in [3.05, 3.63) is 35.9 Å². The van der Waals surface area contributed by atoms with Gasteiger partial charge in [-0.05, 0) is 12.0 Å². The van der Waals surface area contributed by atoms with Gasteiger partial charge in [0.05, 0.1) is 5.92 Å². The van der Waals surface area contributed by atoms with E-state index in [9.17, 15) is 4.79 Å². The average Bonchev–Trinajstić information content (AvgIpc) is 2.38. The van der Waals surface area contributed by atoms with Crippen molar-refractivity contribution in [1.29, 1.82) is 0 Å². The van der Waals surface area contributed by atoms with Crippen LogP contribution in [0, 0.1) is 5.92 Å². The molecule has 0 heterocycles. The molecule has 1 rings (SSSR count). The summed E-state index contributed by atoms with van der Waals surface area (Å²) in [6.07, 6.45) is 0.855. The number of hydrogen-bond acceptors (Lipinski definition) is 3. The van der Waals surface area contributed by atoms with Crippen LogP contribution in [-0.2, 0) is 9.53 Å². The normalized spacial score (nSPS) is 14.1. The number of ether oxygens (including phenoxy) is 1. The maximum Gasteiger partial charge on any atom is 0.309 e. The first kappa shape index (κ1) is 13.7. The Morgan fingerprint density at radius 3 is 2.53 bits per heavy atom. The Kier molecular flexibility index (Phi) is 5.70. The number of esters is 1. The third-order valence-corrected chi connectivity index (χ3v) is 2.84. The van der Waals surface area contributed by atoms with E-state index in [0.29, 0.717) is 6.42 Å². The van der Waals surface area contributed by atoms with Gasteiger partial charge in [0.1, 0.15) is 6.10 Å². The molecule has 2 atom stereocenters. The van der Waals surface area contributed by atoms with E-state index >= 15 is 0 Å². The molecule has 1 aromatic rings. The molecule has 0 amide bonds. The van der Waals surface area contributed by atoms with E-state index in [1.807, 2.05) is 44.2 Å². The Labute approximate surface area is 102 Å². The van der Waals surface area contributed by atoms with Gasteiger partial charge < -0.3 is 9.84 Å². The van der Waals surface area contributed by atoms with Crippen LogP contribution in [-0.4, -0.2) is 17.7 Å². The smallest absolute Gasteiger partial charge is 0.309 e. The zero-order valence-electron chi connectivity index (χ0n) is 10.4. The summed E-state index contributed by atoms with van der Waals surface area (Å²) < 4.78 is 5.43. The fourth-order valence-electron chi connectivity index (χ4n) is 1.50. The van der Waals surface area contributed by atoms with Crippen LogP contribution in [0.15, 0.2) is 30.3 Å². The Balaban J connectivity index is 2.70. The molecule has 3 heteroatoms. The summed E-state index contributed by atoms with van der Waals surface area (Å²) >= 11 is 0. The van der Waals surface area contributed by atoms with E-state index < -0.39 is 0 Å². The molecule has 0 aliphatic heterocycles. The molecule has 0 aromatic heterocycles. The van der Waals surface area contributed by atoms with Crippen molar-refractivity contribution >= 4 is 5.97 Å². The lowest BCUT2D eigenvalue weighted by atomic mass is 10.1. The van der Waals surface area contributed by atoms with Gasteiger partial charge in [0, 0.05) is 13.0 Å². The first-order valence-corrected chi connectivity index (χ1v) is 6.05. The fourth-order valence-corrected chi connectivity index (χ4v) is 1.50. The summed E-state index contributed by atoms with van der Waals surface area (Å²) in [6.45, 7) is 3.81. The summed E-state index contributed by atoms with van der Waals surface area (Å²) in [5, 5.41) is 9.02. The monoisotopic (exact) mass is 236 g/mol. The van der Waals surface area contributed by atoms with Crippen molar-refractivity contribution in [2.75, 3.05) is 6.61 Å². The summed E-state index contributed by atoms with van der Waals surface area (Å²) in [4.78, 5) is 11.7. The Morgan fingerprint density at radius 1 is 1.35 bits per heavy atom. The minimum absolute atomic E-state index is 0.00729. The highest BCUT2D eigenvalue weighted by Crippen LogP contribution is 2.22. The van der Waals surface area contributed by atoms with E-state index in [1.54, 1.807) is 0 Å². The Morgan fingerprint density at radius 2 is 2.00 bits per heavy atom. The van der Waals surface area contributed by atoms with Gasteiger partial charge in [-0.15, -0.1) is 0 Å². The van der Waals surface area contributed by atoms with Crippen molar-refractivity contribution in [3.8, 4) is 0 Å². The van der Waals surface area contributed by atoms with Crippen LogP contribution in [0.2, 0.25) is 0 Å². The Hall–Kier alpha value is -1.35. The van der Waals surface area contributed by atoms with Crippen LogP contribution in [0.4, 0.5) is 0 Å². The molecule has 0 radical (unpaired) electrons. The van der Waals surface area contributed by atoms with Gasteiger partial charge in [0.25, 0.3) is 0 Å². The average molecular weight is 236 g/mol. The molecular weight excluding hydrogens is 216 g/mol. The number of hydrogen-bond donors (Lipinski definition) is 1. The lowest BCUT2D eigenvalue weighted by molar-refractivity contribution is -0.154. The van der Waals surface area contributed by atoms with Crippen molar-refractivity contribution < 1.29 is 14.6 Å². The minimum atomic E-state index is -0.345. The summed E-state index contributed by atoms with van der Waals surface area (Å²) in [5.74, 6) is -0.297. The van der Waals surface area contributed by atoms with E-state index in [4.69, 9.17) is 9.84 Å². The maximum atomic E-state index is 11.7. The topological polar surface area (TPSA) is 46.5 Å². The zero-order chi connectivity index (χ0) is 12.7. The standard InChI is InChI=1S/C14H20O3/c1-3-11(2)14(16)17-13(9-10-15)12-7-5-4-6-8-12/h4-8,11,13,15H,3,9-10H2,1-2H3. The largest absolute Gasteiger partial charge is 0.457 e. The second-order valence-corrected chi connectivity index (χ2v) is 4.16. The molecule has 17 heavy (non-hydrogen) atoms. The molecule has 0 spiro atoms. The number of rotatable bonds is 6. The first-order chi connectivity index (χ1) is 8.19. The highest BCUT2D eigenvalue weighted by molar-refractivity contribution is 5.72. The molecule has 0 aliphatic carbocycles. The van der Waals surface area contributed by atoms with Crippen LogP contribution in [0.25, 0.3) is 0 Å². The van der Waals surface area contributed by atoms with Gasteiger partial charge in [0.15, 0.2) is 0 Å². The fraction of sp³-hybridized carbons (Fsp3) is 0.500. The van der Waals surface area contributed by atoms with Gasteiger partial charge in [-0.1, -0.05) is 44.2 Å². The van der Waals surface area contributed by atoms with Gasteiger partial charge >= 0.3 is 5.97 Å². The highest BCUT2D eigenvalue weighted by Gasteiger charge is 2.19.